The van der Waals surface area contributed by atoms with Crippen molar-refractivity contribution in [2.45, 2.75) is 6.42 Å². The third-order valence-corrected chi connectivity index (χ3v) is 6.27. The molecule has 6 heteroatoms. The molecule has 0 aromatic heterocycles. The van der Waals surface area contributed by atoms with E-state index in [1.807, 2.05) is 12.2 Å². The molecule has 0 radical (unpaired) electrons. The molecule has 2 aliphatic carbocycles. The van der Waals surface area contributed by atoms with Crippen LogP contribution in [0.2, 0.25) is 0 Å². The zero-order valence-corrected chi connectivity index (χ0v) is 16.1. The Hall–Kier alpha value is -3.54. The summed E-state index contributed by atoms with van der Waals surface area (Å²) in [5, 5.41) is 0. The summed E-state index contributed by atoms with van der Waals surface area (Å²) in [4.78, 5) is 52.3. The van der Waals surface area contributed by atoms with E-state index in [1.54, 1.807) is 48.5 Å². The molecule has 5 rings (SSSR count). The lowest BCUT2D eigenvalue weighted by Crippen LogP contribution is -2.34. The van der Waals surface area contributed by atoms with Gasteiger partial charge in [0.1, 0.15) is 0 Å². The zero-order chi connectivity index (χ0) is 20.8. The number of esters is 1. The second-order valence-electron chi connectivity index (χ2n) is 7.89. The fourth-order valence-electron chi connectivity index (χ4n) is 4.90. The summed E-state index contributed by atoms with van der Waals surface area (Å²) in [7, 11) is 0. The summed E-state index contributed by atoms with van der Waals surface area (Å²) in [6.45, 7) is -0.418. The summed E-state index contributed by atoms with van der Waals surface area (Å²) >= 11 is 0. The number of rotatable bonds is 5. The number of nitrogens with zero attached hydrogens (tertiary/aromatic N) is 1. The molecular formula is C24H19NO5. The first-order valence-electron chi connectivity index (χ1n) is 9.97. The monoisotopic (exact) mass is 401 g/mol. The minimum Gasteiger partial charge on any atom is -0.454 e. The van der Waals surface area contributed by atoms with Crippen molar-refractivity contribution in [1.29, 1.82) is 0 Å². The van der Waals surface area contributed by atoms with Gasteiger partial charge in [0.2, 0.25) is 11.8 Å². The summed E-state index contributed by atoms with van der Waals surface area (Å²) in [6, 6.07) is 14.9. The minimum atomic E-state index is -0.742. The number of Topliss-reactive ketones (excluding diaryl/α,β-unsaturated/α-hetero) is 1. The van der Waals surface area contributed by atoms with Crippen LogP contribution in [0.3, 0.4) is 0 Å². The summed E-state index contributed by atoms with van der Waals surface area (Å²) in [5.41, 5.74) is 0.762. The van der Waals surface area contributed by atoms with E-state index in [1.165, 1.54) is 6.07 Å². The normalized spacial score (nSPS) is 26.2. The van der Waals surface area contributed by atoms with Gasteiger partial charge in [-0.15, -0.1) is 0 Å². The first-order chi connectivity index (χ1) is 14.6. The van der Waals surface area contributed by atoms with Gasteiger partial charge in [-0.3, -0.25) is 14.4 Å². The van der Waals surface area contributed by atoms with E-state index in [9.17, 15) is 19.2 Å². The maximum Gasteiger partial charge on any atom is 0.340 e. The van der Waals surface area contributed by atoms with Crippen molar-refractivity contribution >= 4 is 29.3 Å². The lowest BCUT2D eigenvalue weighted by Gasteiger charge is -2.19. The Bertz CT molecular complexity index is 1060. The number of ether oxygens (including phenoxy) is 1. The maximum absolute atomic E-state index is 13.1. The average Bonchev–Trinajstić information content (AvgIpc) is 3.46. The van der Waals surface area contributed by atoms with Gasteiger partial charge in [-0.1, -0.05) is 54.6 Å². The van der Waals surface area contributed by atoms with Gasteiger partial charge in [-0.2, -0.15) is 0 Å². The van der Waals surface area contributed by atoms with Crippen LogP contribution in [0.4, 0.5) is 5.69 Å². The van der Waals surface area contributed by atoms with E-state index in [0.717, 1.165) is 11.3 Å². The number of carbonyl (C=O) groups excluding carboxylic acids is 4. The van der Waals surface area contributed by atoms with Crippen LogP contribution in [0.25, 0.3) is 0 Å². The van der Waals surface area contributed by atoms with Gasteiger partial charge < -0.3 is 4.74 Å². The van der Waals surface area contributed by atoms with Crippen LogP contribution in [-0.2, 0) is 14.3 Å². The van der Waals surface area contributed by atoms with Crippen molar-refractivity contribution in [3.05, 3.63) is 77.9 Å². The quantitative estimate of drug-likeness (QED) is 0.333. The first kappa shape index (κ1) is 18.5. The third kappa shape index (κ3) is 2.79. The Balaban J connectivity index is 1.37. The van der Waals surface area contributed by atoms with E-state index in [4.69, 9.17) is 4.74 Å². The van der Waals surface area contributed by atoms with Crippen LogP contribution in [-0.4, -0.2) is 30.2 Å². The van der Waals surface area contributed by atoms with Crippen molar-refractivity contribution in [3.8, 4) is 0 Å². The molecule has 0 unspecified atom stereocenters. The highest BCUT2D eigenvalue weighted by Gasteiger charge is 2.59. The molecule has 150 valence electrons. The molecule has 0 spiro atoms. The van der Waals surface area contributed by atoms with Crippen LogP contribution < -0.4 is 4.90 Å². The van der Waals surface area contributed by atoms with E-state index in [-0.39, 0.29) is 52.5 Å². The second-order valence-corrected chi connectivity index (χ2v) is 7.89. The lowest BCUT2D eigenvalue weighted by atomic mass is 9.85. The molecule has 0 N–H and O–H groups in total. The molecule has 2 aromatic carbocycles. The highest BCUT2D eigenvalue weighted by molar-refractivity contribution is 6.24. The van der Waals surface area contributed by atoms with E-state index >= 15 is 0 Å². The number of amides is 2. The Morgan fingerprint density at radius 1 is 0.867 bits per heavy atom. The van der Waals surface area contributed by atoms with Gasteiger partial charge in [0, 0.05) is 5.56 Å². The number of ketones is 1. The lowest BCUT2D eigenvalue weighted by molar-refractivity contribution is -0.123. The summed E-state index contributed by atoms with van der Waals surface area (Å²) < 4.78 is 5.21. The highest BCUT2D eigenvalue weighted by Crippen LogP contribution is 2.53. The number of imide groups is 1. The topological polar surface area (TPSA) is 80.8 Å². The van der Waals surface area contributed by atoms with Gasteiger partial charge in [-0.05, 0) is 30.4 Å². The van der Waals surface area contributed by atoms with Crippen molar-refractivity contribution in [2.75, 3.05) is 11.5 Å². The summed E-state index contributed by atoms with van der Waals surface area (Å²) in [6.07, 6.45) is 4.89. The largest absolute Gasteiger partial charge is 0.454 e. The zero-order valence-electron chi connectivity index (χ0n) is 16.1. The molecular weight excluding hydrogens is 382 g/mol. The van der Waals surface area contributed by atoms with Crippen molar-refractivity contribution in [2.24, 2.45) is 23.7 Å². The van der Waals surface area contributed by atoms with Crippen LogP contribution in [0.5, 0.6) is 0 Å². The third-order valence-electron chi connectivity index (χ3n) is 6.27. The SMILES string of the molecule is O=C(COC(=O)c1ccccc1N1C(=O)[C@@H]2[C@@H](C1=O)[C@H]1C=C[C@@H]2C1)c1ccccc1. The number of para-hydroxylation sites is 1. The standard InChI is InChI=1S/C24H19NO5/c26-19(14-6-2-1-3-7-14)13-30-24(29)17-8-4-5-9-18(17)25-22(27)20-15-10-11-16(12-15)21(20)23(25)28/h1-11,15-16,20-21H,12-13H2/t15-,16+,20-,21-/m0/s1. The van der Waals surface area contributed by atoms with Crippen LogP contribution in [0, 0.1) is 23.7 Å². The molecule has 2 amide bonds. The molecule has 4 atom stereocenters. The Morgan fingerprint density at radius 3 is 2.13 bits per heavy atom. The number of allylic oxidation sites excluding steroid dienone is 2. The Morgan fingerprint density at radius 2 is 1.47 bits per heavy atom. The molecule has 2 fully saturated rings. The number of carbonyl (C=O) groups is 4. The minimum absolute atomic E-state index is 0.0871. The number of benzene rings is 2. The maximum atomic E-state index is 13.1. The predicted octanol–water partition coefficient (Wildman–Crippen LogP) is 3.04. The van der Waals surface area contributed by atoms with Crippen LogP contribution in [0.1, 0.15) is 27.1 Å². The molecule has 6 nitrogen and oxygen atoms in total. The molecule has 30 heavy (non-hydrogen) atoms. The number of hydrogen-bond acceptors (Lipinski definition) is 5. The Kier molecular flexibility index (Phi) is 4.35. The van der Waals surface area contributed by atoms with Gasteiger partial charge in [-0.25, -0.2) is 9.69 Å². The van der Waals surface area contributed by atoms with Gasteiger partial charge in [0.05, 0.1) is 23.1 Å². The smallest absolute Gasteiger partial charge is 0.340 e. The molecule has 3 aliphatic rings. The van der Waals surface area contributed by atoms with E-state index < -0.39 is 12.6 Å². The predicted molar refractivity (Wildman–Crippen MR) is 108 cm³/mol. The molecule has 1 heterocycles. The van der Waals surface area contributed by atoms with E-state index in [0.29, 0.717) is 5.56 Å². The Labute approximate surface area is 173 Å². The highest BCUT2D eigenvalue weighted by atomic mass is 16.5. The fourth-order valence-corrected chi connectivity index (χ4v) is 4.90. The van der Waals surface area contributed by atoms with E-state index in [2.05, 4.69) is 0 Å². The molecule has 1 aliphatic heterocycles. The van der Waals surface area contributed by atoms with Crippen molar-refractivity contribution < 1.29 is 23.9 Å². The number of hydrogen-bond donors (Lipinski definition) is 0. The van der Waals surface area contributed by atoms with Crippen LogP contribution in [0.15, 0.2) is 66.7 Å². The second kappa shape index (κ2) is 7.06. The van der Waals surface area contributed by atoms with Crippen molar-refractivity contribution in [1.82, 2.24) is 0 Å². The first-order valence-corrected chi connectivity index (χ1v) is 9.97. The number of fused-ring (bicyclic) bond motifs is 5. The average molecular weight is 401 g/mol. The van der Waals surface area contributed by atoms with Gasteiger partial charge in [0.15, 0.2) is 12.4 Å². The van der Waals surface area contributed by atoms with Gasteiger partial charge in [0.25, 0.3) is 0 Å². The molecule has 2 aromatic rings. The molecule has 1 saturated heterocycles. The molecule has 2 bridgehead atoms. The fraction of sp³-hybridized carbons (Fsp3) is 0.250. The van der Waals surface area contributed by atoms with Crippen LogP contribution >= 0.6 is 0 Å². The number of anilines is 1. The molecule has 1 saturated carbocycles. The van der Waals surface area contributed by atoms with Crippen molar-refractivity contribution in [3.63, 3.8) is 0 Å². The van der Waals surface area contributed by atoms with Gasteiger partial charge >= 0.3 is 5.97 Å². The summed E-state index contributed by atoms with van der Waals surface area (Å²) in [5.74, 6) is -2.12.